The molecule has 2 rings (SSSR count). The van der Waals surface area contributed by atoms with Crippen LogP contribution in [0.25, 0.3) is 11.4 Å². The Morgan fingerprint density at radius 2 is 1.45 bits per heavy atom. The third-order valence-electron chi connectivity index (χ3n) is 6.02. The quantitative estimate of drug-likeness (QED) is 0.209. The SMILES string of the molecule is CCCCCCCCCCc1cnc(-c2ccc(OCCC(F)CCCCC)c(F)c2)nc1. The van der Waals surface area contributed by atoms with E-state index in [1.165, 1.54) is 51.0 Å². The van der Waals surface area contributed by atoms with Gasteiger partial charge < -0.3 is 4.74 Å². The van der Waals surface area contributed by atoms with Gasteiger partial charge in [-0.05, 0) is 43.0 Å². The van der Waals surface area contributed by atoms with E-state index in [2.05, 4.69) is 23.8 Å². The molecular formula is C28H42F2N2O. The van der Waals surface area contributed by atoms with Crippen molar-refractivity contribution in [3.8, 4) is 17.1 Å². The highest BCUT2D eigenvalue weighted by atomic mass is 19.1. The molecular weight excluding hydrogens is 418 g/mol. The van der Waals surface area contributed by atoms with E-state index in [9.17, 15) is 8.78 Å². The van der Waals surface area contributed by atoms with Gasteiger partial charge in [-0.3, -0.25) is 0 Å². The molecule has 0 aliphatic carbocycles. The number of alkyl halides is 1. The Bertz CT molecular complexity index is 767. The molecule has 0 fully saturated rings. The predicted molar refractivity (Wildman–Crippen MR) is 133 cm³/mol. The predicted octanol–water partition coefficient (Wildman–Crippen LogP) is 8.65. The molecule has 2 aromatic rings. The van der Waals surface area contributed by atoms with Crippen molar-refractivity contribution in [1.29, 1.82) is 0 Å². The van der Waals surface area contributed by atoms with Crippen LogP contribution in [0.5, 0.6) is 5.75 Å². The van der Waals surface area contributed by atoms with Crippen LogP contribution >= 0.6 is 0 Å². The van der Waals surface area contributed by atoms with Crippen molar-refractivity contribution in [3.05, 3.63) is 42.0 Å². The van der Waals surface area contributed by atoms with Gasteiger partial charge in [0.15, 0.2) is 17.4 Å². The minimum atomic E-state index is -0.892. The van der Waals surface area contributed by atoms with Crippen molar-refractivity contribution in [1.82, 2.24) is 9.97 Å². The van der Waals surface area contributed by atoms with Gasteiger partial charge in [0.25, 0.3) is 0 Å². The first-order valence-corrected chi connectivity index (χ1v) is 13.0. The average Bonchev–Trinajstić information content (AvgIpc) is 2.82. The Kier molecular flexibility index (Phi) is 13.6. The van der Waals surface area contributed by atoms with E-state index < -0.39 is 12.0 Å². The fraction of sp³-hybridized carbons (Fsp3) is 0.643. The molecule has 3 nitrogen and oxygen atoms in total. The van der Waals surface area contributed by atoms with Crippen LogP contribution in [0.2, 0.25) is 0 Å². The lowest BCUT2D eigenvalue weighted by Crippen LogP contribution is -2.08. The molecule has 1 atom stereocenters. The van der Waals surface area contributed by atoms with Gasteiger partial charge in [-0.25, -0.2) is 18.7 Å². The first-order valence-electron chi connectivity index (χ1n) is 13.0. The van der Waals surface area contributed by atoms with Gasteiger partial charge in [-0.2, -0.15) is 0 Å². The van der Waals surface area contributed by atoms with Crippen molar-refractivity contribution in [2.45, 2.75) is 110 Å². The Labute approximate surface area is 199 Å². The molecule has 0 bridgehead atoms. The van der Waals surface area contributed by atoms with E-state index in [-0.39, 0.29) is 18.8 Å². The van der Waals surface area contributed by atoms with Gasteiger partial charge in [0.05, 0.1) is 6.61 Å². The summed E-state index contributed by atoms with van der Waals surface area (Å²) in [5.41, 5.74) is 1.73. The molecule has 0 N–H and O–H groups in total. The smallest absolute Gasteiger partial charge is 0.165 e. The van der Waals surface area contributed by atoms with Crippen molar-refractivity contribution >= 4 is 0 Å². The zero-order chi connectivity index (χ0) is 23.7. The maximum atomic E-state index is 14.5. The molecule has 0 aliphatic heterocycles. The van der Waals surface area contributed by atoms with Gasteiger partial charge in [0.1, 0.15) is 6.17 Å². The van der Waals surface area contributed by atoms with E-state index in [1.807, 2.05) is 12.4 Å². The Morgan fingerprint density at radius 1 is 0.818 bits per heavy atom. The Balaban J connectivity index is 1.73. The summed E-state index contributed by atoms with van der Waals surface area (Å²) in [7, 11) is 0. The van der Waals surface area contributed by atoms with E-state index in [4.69, 9.17) is 4.74 Å². The van der Waals surface area contributed by atoms with Crippen LogP contribution in [-0.2, 0) is 6.42 Å². The van der Waals surface area contributed by atoms with Crippen LogP contribution in [-0.4, -0.2) is 22.7 Å². The number of ether oxygens (including phenoxy) is 1. The third-order valence-corrected chi connectivity index (χ3v) is 6.02. The Morgan fingerprint density at radius 3 is 2.12 bits per heavy atom. The van der Waals surface area contributed by atoms with E-state index in [0.29, 0.717) is 17.8 Å². The first kappa shape index (κ1) is 27.2. The molecule has 184 valence electrons. The lowest BCUT2D eigenvalue weighted by molar-refractivity contribution is 0.218. The molecule has 0 spiro atoms. The van der Waals surface area contributed by atoms with Crippen molar-refractivity contribution in [2.75, 3.05) is 6.61 Å². The summed E-state index contributed by atoms with van der Waals surface area (Å²) < 4.78 is 33.7. The zero-order valence-corrected chi connectivity index (χ0v) is 20.6. The molecule has 0 amide bonds. The highest BCUT2D eigenvalue weighted by Gasteiger charge is 2.11. The molecule has 0 saturated heterocycles. The number of benzene rings is 1. The molecule has 1 heterocycles. The standard InChI is InChI=1S/C28H42F2N2O/c1-3-5-7-8-9-10-11-13-14-23-21-31-28(32-22-23)24-16-17-27(26(30)20-24)33-19-18-25(29)15-12-6-4-2/h16-17,20-22,25H,3-15,18-19H2,1-2H3. The topological polar surface area (TPSA) is 35.0 Å². The molecule has 1 aromatic heterocycles. The van der Waals surface area contributed by atoms with Crippen LogP contribution in [0.3, 0.4) is 0 Å². The average molecular weight is 461 g/mol. The zero-order valence-electron chi connectivity index (χ0n) is 20.6. The normalized spacial score (nSPS) is 12.1. The van der Waals surface area contributed by atoms with Crippen LogP contribution < -0.4 is 4.74 Å². The summed E-state index contributed by atoms with van der Waals surface area (Å²) >= 11 is 0. The summed E-state index contributed by atoms with van der Waals surface area (Å²) in [4.78, 5) is 8.84. The maximum absolute atomic E-state index is 14.5. The van der Waals surface area contributed by atoms with Crippen molar-refractivity contribution in [3.63, 3.8) is 0 Å². The second-order valence-corrected chi connectivity index (χ2v) is 9.02. The number of halogens is 2. The Hall–Kier alpha value is -2.04. The third kappa shape index (κ3) is 11.1. The minimum absolute atomic E-state index is 0.144. The summed E-state index contributed by atoms with van der Waals surface area (Å²) in [6.45, 7) is 4.52. The largest absolute Gasteiger partial charge is 0.490 e. The molecule has 0 aliphatic rings. The molecule has 33 heavy (non-hydrogen) atoms. The number of rotatable bonds is 18. The summed E-state index contributed by atoms with van der Waals surface area (Å²) in [5.74, 6) is 0.172. The van der Waals surface area contributed by atoms with Crippen LogP contribution in [0.4, 0.5) is 8.78 Å². The number of hydrogen-bond acceptors (Lipinski definition) is 3. The molecule has 1 unspecified atom stereocenters. The van der Waals surface area contributed by atoms with Crippen LogP contribution in [0.15, 0.2) is 30.6 Å². The molecule has 0 saturated carbocycles. The summed E-state index contributed by atoms with van der Waals surface area (Å²) in [6, 6.07) is 4.71. The first-order chi connectivity index (χ1) is 16.1. The van der Waals surface area contributed by atoms with Gasteiger partial charge >= 0.3 is 0 Å². The fourth-order valence-corrected chi connectivity index (χ4v) is 3.91. The lowest BCUT2D eigenvalue weighted by Gasteiger charge is -2.11. The number of aromatic nitrogens is 2. The maximum Gasteiger partial charge on any atom is 0.165 e. The number of nitrogens with zero attached hydrogens (tertiary/aromatic N) is 2. The highest BCUT2D eigenvalue weighted by molar-refractivity contribution is 5.56. The monoisotopic (exact) mass is 460 g/mol. The van der Waals surface area contributed by atoms with Gasteiger partial charge in [-0.15, -0.1) is 0 Å². The van der Waals surface area contributed by atoms with Gasteiger partial charge in [-0.1, -0.05) is 78.1 Å². The number of unbranched alkanes of at least 4 members (excludes halogenated alkanes) is 9. The van der Waals surface area contributed by atoms with E-state index >= 15 is 0 Å². The second kappa shape index (κ2) is 16.6. The summed E-state index contributed by atoms with van der Waals surface area (Å²) in [5, 5.41) is 0. The van der Waals surface area contributed by atoms with Gasteiger partial charge in [0, 0.05) is 24.4 Å². The van der Waals surface area contributed by atoms with Gasteiger partial charge in [0.2, 0.25) is 0 Å². The van der Waals surface area contributed by atoms with E-state index in [0.717, 1.165) is 37.7 Å². The molecule has 0 radical (unpaired) electrons. The minimum Gasteiger partial charge on any atom is -0.490 e. The summed E-state index contributed by atoms with van der Waals surface area (Å²) in [6.07, 6.45) is 18.0. The second-order valence-electron chi connectivity index (χ2n) is 9.02. The van der Waals surface area contributed by atoms with Crippen molar-refractivity contribution < 1.29 is 13.5 Å². The fourth-order valence-electron chi connectivity index (χ4n) is 3.91. The lowest BCUT2D eigenvalue weighted by atomic mass is 10.1. The molecule has 5 heteroatoms. The molecule has 1 aromatic carbocycles. The number of aryl methyl sites for hydroxylation is 1. The van der Waals surface area contributed by atoms with Crippen LogP contribution in [0, 0.1) is 5.82 Å². The van der Waals surface area contributed by atoms with Crippen LogP contribution in [0.1, 0.15) is 103 Å². The highest BCUT2D eigenvalue weighted by Crippen LogP contribution is 2.24. The van der Waals surface area contributed by atoms with Crippen molar-refractivity contribution in [2.24, 2.45) is 0 Å². The number of hydrogen-bond donors (Lipinski definition) is 0. The van der Waals surface area contributed by atoms with E-state index in [1.54, 1.807) is 12.1 Å².